The molecular weight excluding hydrogens is 749 g/mol. The van der Waals surface area contributed by atoms with Crippen molar-refractivity contribution in [3.63, 3.8) is 0 Å². The molecule has 0 N–H and O–H groups in total. The summed E-state index contributed by atoms with van der Waals surface area (Å²) < 4.78 is 4.99. The van der Waals surface area contributed by atoms with Crippen molar-refractivity contribution in [2.24, 2.45) is 0 Å². The van der Waals surface area contributed by atoms with E-state index in [9.17, 15) is 0 Å². The van der Waals surface area contributed by atoms with E-state index in [0.29, 0.717) is 5.82 Å². The topological polar surface area (TPSA) is 43.6 Å². The van der Waals surface area contributed by atoms with Crippen molar-refractivity contribution < 1.29 is 0 Å². The largest absolute Gasteiger partial charge is 0.308 e. The van der Waals surface area contributed by atoms with Crippen LogP contribution in [0.5, 0.6) is 0 Å². The molecule has 0 fully saturated rings. The maximum Gasteiger partial charge on any atom is 0.160 e. The predicted molar refractivity (Wildman–Crippen MR) is 252 cm³/mol. The van der Waals surface area contributed by atoms with Crippen molar-refractivity contribution in [1.82, 2.24) is 19.5 Å². The quantitative estimate of drug-likeness (QED) is 0.169. The molecule has 12 rings (SSSR count). The third-order valence-corrected chi connectivity index (χ3v) is 12.9. The lowest BCUT2D eigenvalue weighted by atomic mass is 9.98. The predicted octanol–water partition coefficient (Wildman–Crippen LogP) is 14.8. The van der Waals surface area contributed by atoms with Gasteiger partial charge in [-0.15, -0.1) is 11.3 Å². The Labute approximate surface area is 350 Å². The van der Waals surface area contributed by atoms with Gasteiger partial charge in [-0.1, -0.05) is 176 Å². The van der Waals surface area contributed by atoms with Crippen molar-refractivity contribution in [3.8, 4) is 62.0 Å². The number of pyridine rings is 1. The molecule has 60 heavy (non-hydrogen) atoms. The molecule has 4 aromatic heterocycles. The van der Waals surface area contributed by atoms with E-state index in [1.165, 1.54) is 47.4 Å². The van der Waals surface area contributed by atoms with Gasteiger partial charge in [-0.05, 0) is 52.2 Å². The lowest BCUT2D eigenvalue weighted by molar-refractivity contribution is 1.18. The minimum atomic E-state index is 0.713. The van der Waals surface area contributed by atoms with Crippen molar-refractivity contribution in [3.05, 3.63) is 206 Å². The lowest BCUT2D eigenvalue weighted by Crippen LogP contribution is -1.96. The highest BCUT2D eigenvalue weighted by Gasteiger charge is 2.24. The average Bonchev–Trinajstić information content (AvgIpc) is 3.87. The van der Waals surface area contributed by atoms with Crippen LogP contribution in [0.2, 0.25) is 0 Å². The second kappa shape index (κ2) is 14.0. The monoisotopic (exact) mass is 782 g/mol. The van der Waals surface area contributed by atoms with E-state index in [0.717, 1.165) is 61.7 Å². The SMILES string of the molecule is c1ccc(-c2cc(-c3ccc(-c4ccc(-n5c6ccccc6c6sc7c8ccccc8nc(-c8cccc9ccccc89)c7c65)cc4)cc3)nc(-c3ccccc3)n2)cc1. The van der Waals surface area contributed by atoms with Gasteiger partial charge in [-0.2, -0.15) is 0 Å². The minimum Gasteiger partial charge on any atom is -0.308 e. The Morgan fingerprint density at radius 1 is 0.400 bits per heavy atom. The Bertz CT molecular complexity index is 3510. The molecule has 280 valence electrons. The summed E-state index contributed by atoms with van der Waals surface area (Å²) in [7, 11) is 0. The standard InChI is InChI=1S/C55H34N4S/c1-3-15-38(16-4-1)47-34-48(58-55(57-47)40-17-5-2-6-18-40)39-28-26-35(27-29-39)36-30-32-41(33-31-36)59-49-25-12-10-22-45(49)54-52(59)50-51(43-23-13-19-37-14-7-8-20-42(37)43)56-46-24-11-9-21-44(46)53(50)60-54/h1-34H. The number of fused-ring (bicyclic) bond motifs is 8. The van der Waals surface area contributed by atoms with Crippen molar-refractivity contribution in [2.45, 2.75) is 0 Å². The van der Waals surface area contributed by atoms with Crippen LogP contribution in [0.4, 0.5) is 0 Å². The van der Waals surface area contributed by atoms with Crippen molar-refractivity contribution in [2.75, 3.05) is 0 Å². The molecule has 5 heteroatoms. The van der Waals surface area contributed by atoms with Gasteiger partial charge >= 0.3 is 0 Å². The van der Waals surface area contributed by atoms with Crippen LogP contribution in [0, 0.1) is 0 Å². The van der Waals surface area contributed by atoms with Gasteiger partial charge in [0.1, 0.15) is 0 Å². The van der Waals surface area contributed by atoms with Gasteiger partial charge in [0.15, 0.2) is 5.82 Å². The average molecular weight is 783 g/mol. The second-order valence-corrected chi connectivity index (χ2v) is 16.2. The number of thiophene rings is 1. The zero-order valence-corrected chi connectivity index (χ0v) is 33.1. The fraction of sp³-hybridized carbons (Fsp3) is 0. The molecule has 0 saturated heterocycles. The normalized spacial score (nSPS) is 11.7. The van der Waals surface area contributed by atoms with E-state index in [4.69, 9.17) is 15.0 Å². The Morgan fingerprint density at radius 2 is 0.967 bits per heavy atom. The molecule has 4 nitrogen and oxygen atoms in total. The van der Waals surface area contributed by atoms with E-state index in [2.05, 4.69) is 174 Å². The summed E-state index contributed by atoms with van der Waals surface area (Å²) >= 11 is 1.88. The molecule has 0 aliphatic carbocycles. The van der Waals surface area contributed by atoms with Crippen LogP contribution in [-0.4, -0.2) is 19.5 Å². The summed E-state index contributed by atoms with van der Waals surface area (Å²) in [5.74, 6) is 0.713. The molecule has 8 aromatic carbocycles. The third kappa shape index (κ3) is 5.63. The van der Waals surface area contributed by atoms with E-state index < -0.39 is 0 Å². The molecule has 0 unspecified atom stereocenters. The van der Waals surface area contributed by atoms with E-state index in [1.54, 1.807) is 0 Å². The zero-order chi connectivity index (χ0) is 39.6. The molecule has 0 saturated carbocycles. The van der Waals surface area contributed by atoms with Gasteiger partial charge in [-0.25, -0.2) is 15.0 Å². The van der Waals surface area contributed by atoms with Crippen molar-refractivity contribution in [1.29, 1.82) is 0 Å². The van der Waals surface area contributed by atoms with Crippen molar-refractivity contribution >= 4 is 64.2 Å². The molecular formula is C55H34N4S. The first-order chi connectivity index (χ1) is 29.7. The van der Waals surface area contributed by atoms with Gasteiger partial charge in [0.05, 0.1) is 38.3 Å². The number of para-hydroxylation sites is 2. The summed E-state index contributed by atoms with van der Waals surface area (Å²) in [5.41, 5.74) is 13.8. The number of aromatic nitrogens is 4. The molecule has 0 radical (unpaired) electrons. The molecule has 0 bridgehead atoms. The number of hydrogen-bond acceptors (Lipinski definition) is 4. The summed E-state index contributed by atoms with van der Waals surface area (Å²) in [4.78, 5) is 15.5. The Morgan fingerprint density at radius 3 is 1.72 bits per heavy atom. The van der Waals surface area contributed by atoms with Gasteiger partial charge in [0.25, 0.3) is 0 Å². The molecule has 0 atom stereocenters. The molecule has 0 aliphatic rings. The zero-order valence-electron chi connectivity index (χ0n) is 32.3. The van der Waals surface area contributed by atoms with Crippen LogP contribution in [0.15, 0.2) is 206 Å². The third-order valence-electron chi connectivity index (χ3n) is 11.6. The van der Waals surface area contributed by atoms with E-state index in [-0.39, 0.29) is 0 Å². The van der Waals surface area contributed by atoms with Crippen LogP contribution >= 0.6 is 11.3 Å². The highest BCUT2D eigenvalue weighted by Crippen LogP contribution is 2.48. The highest BCUT2D eigenvalue weighted by molar-refractivity contribution is 7.27. The van der Waals surface area contributed by atoms with Crippen LogP contribution in [0.3, 0.4) is 0 Å². The van der Waals surface area contributed by atoms with Gasteiger partial charge in [-0.3, -0.25) is 0 Å². The number of nitrogens with zero attached hydrogens (tertiary/aromatic N) is 4. The summed E-state index contributed by atoms with van der Waals surface area (Å²) in [6, 6.07) is 72.9. The van der Waals surface area contributed by atoms with Crippen LogP contribution in [0.1, 0.15) is 0 Å². The number of benzene rings is 8. The molecule has 12 aromatic rings. The minimum absolute atomic E-state index is 0.713. The smallest absolute Gasteiger partial charge is 0.160 e. The van der Waals surface area contributed by atoms with E-state index >= 15 is 0 Å². The first-order valence-electron chi connectivity index (χ1n) is 20.2. The molecule has 0 spiro atoms. The number of rotatable bonds is 6. The Hall–Kier alpha value is -7.73. The lowest BCUT2D eigenvalue weighted by Gasteiger charge is -2.13. The molecule has 0 amide bonds. The fourth-order valence-electron chi connectivity index (χ4n) is 8.75. The summed E-state index contributed by atoms with van der Waals surface area (Å²) in [5, 5.41) is 6.03. The first-order valence-corrected chi connectivity index (χ1v) is 21.0. The fourth-order valence-corrected chi connectivity index (χ4v) is 10.1. The number of hydrogen-bond donors (Lipinski definition) is 0. The Kier molecular flexibility index (Phi) is 8.00. The summed E-state index contributed by atoms with van der Waals surface area (Å²) in [6.45, 7) is 0. The maximum atomic E-state index is 5.46. The molecule has 0 aliphatic heterocycles. The summed E-state index contributed by atoms with van der Waals surface area (Å²) in [6.07, 6.45) is 0. The maximum absolute atomic E-state index is 5.46. The second-order valence-electron chi connectivity index (χ2n) is 15.2. The van der Waals surface area contributed by atoms with Gasteiger partial charge < -0.3 is 4.57 Å². The van der Waals surface area contributed by atoms with Gasteiger partial charge in [0.2, 0.25) is 0 Å². The highest BCUT2D eigenvalue weighted by atomic mass is 32.1. The Balaban J connectivity index is 0.984. The van der Waals surface area contributed by atoms with Gasteiger partial charge in [0, 0.05) is 48.8 Å². The van der Waals surface area contributed by atoms with Crippen LogP contribution < -0.4 is 0 Å². The van der Waals surface area contributed by atoms with Crippen LogP contribution in [-0.2, 0) is 0 Å². The van der Waals surface area contributed by atoms with E-state index in [1.807, 2.05) is 47.7 Å². The molecule has 4 heterocycles. The van der Waals surface area contributed by atoms with Crippen LogP contribution in [0.25, 0.3) is 115 Å². The first kappa shape index (κ1) is 34.3.